The first kappa shape index (κ1) is 14.3. The molecule has 20 heavy (non-hydrogen) atoms. The molecule has 5 heteroatoms. The number of carbonyl (C=O) groups excluding carboxylic acids is 1. The molecule has 0 fully saturated rings. The minimum absolute atomic E-state index is 0.265. The van der Waals surface area contributed by atoms with Crippen LogP contribution >= 0.6 is 15.9 Å². The van der Waals surface area contributed by atoms with Crippen LogP contribution in [0.3, 0.4) is 0 Å². The van der Waals surface area contributed by atoms with Crippen LogP contribution in [0.25, 0.3) is 6.08 Å². The SMILES string of the molecule is O=C(N/C=C/c1ccccc1Br)NCc1ccccn1. The Morgan fingerprint density at radius 2 is 2.00 bits per heavy atom. The molecule has 4 nitrogen and oxygen atoms in total. The van der Waals surface area contributed by atoms with Crippen molar-refractivity contribution in [2.45, 2.75) is 6.54 Å². The highest BCUT2D eigenvalue weighted by atomic mass is 79.9. The van der Waals surface area contributed by atoms with E-state index >= 15 is 0 Å². The van der Waals surface area contributed by atoms with Crippen LogP contribution in [0.15, 0.2) is 59.3 Å². The second kappa shape index (κ2) is 7.45. The summed E-state index contributed by atoms with van der Waals surface area (Å²) in [6.45, 7) is 0.398. The molecule has 102 valence electrons. The second-order valence-corrected chi connectivity index (χ2v) is 4.86. The average Bonchev–Trinajstić information content (AvgIpc) is 2.48. The Balaban J connectivity index is 1.79. The summed E-state index contributed by atoms with van der Waals surface area (Å²) in [5.41, 5.74) is 1.81. The van der Waals surface area contributed by atoms with Crippen molar-refractivity contribution in [3.05, 3.63) is 70.6 Å². The average molecular weight is 332 g/mol. The summed E-state index contributed by atoms with van der Waals surface area (Å²) in [4.78, 5) is 15.7. The van der Waals surface area contributed by atoms with E-state index in [0.717, 1.165) is 15.7 Å². The minimum atomic E-state index is -0.265. The summed E-state index contributed by atoms with van der Waals surface area (Å²) in [5, 5.41) is 5.37. The molecule has 0 aliphatic rings. The number of nitrogens with one attached hydrogen (secondary N) is 2. The summed E-state index contributed by atoms with van der Waals surface area (Å²) in [6.07, 6.45) is 5.13. The molecule has 1 aromatic heterocycles. The van der Waals surface area contributed by atoms with Gasteiger partial charge in [0.05, 0.1) is 12.2 Å². The van der Waals surface area contributed by atoms with Gasteiger partial charge in [0.2, 0.25) is 0 Å². The highest BCUT2D eigenvalue weighted by Crippen LogP contribution is 2.16. The first-order valence-corrected chi connectivity index (χ1v) is 6.90. The van der Waals surface area contributed by atoms with Crippen molar-refractivity contribution < 1.29 is 4.79 Å². The topological polar surface area (TPSA) is 54.0 Å². The van der Waals surface area contributed by atoms with E-state index in [1.165, 1.54) is 0 Å². The standard InChI is InChI=1S/C15H14BrN3O/c16-14-7-2-1-5-12(14)8-10-18-15(20)19-11-13-6-3-4-9-17-13/h1-10H,11H2,(H2,18,19,20)/b10-8+. The molecule has 0 spiro atoms. The maximum absolute atomic E-state index is 11.6. The van der Waals surface area contributed by atoms with Crippen LogP contribution in [0.1, 0.15) is 11.3 Å². The van der Waals surface area contributed by atoms with Gasteiger partial charge in [-0.05, 0) is 29.8 Å². The molecular formula is C15H14BrN3O. The van der Waals surface area contributed by atoms with Crippen LogP contribution < -0.4 is 10.6 Å². The molecule has 0 unspecified atom stereocenters. The normalized spacial score (nSPS) is 10.4. The van der Waals surface area contributed by atoms with E-state index in [-0.39, 0.29) is 6.03 Å². The van der Waals surface area contributed by atoms with E-state index in [2.05, 4.69) is 31.5 Å². The van der Waals surface area contributed by atoms with Crippen molar-refractivity contribution >= 4 is 28.0 Å². The summed E-state index contributed by atoms with van der Waals surface area (Å²) in [7, 11) is 0. The Hall–Kier alpha value is -2.14. The molecule has 0 atom stereocenters. The highest BCUT2D eigenvalue weighted by molar-refractivity contribution is 9.10. The lowest BCUT2D eigenvalue weighted by molar-refractivity contribution is 0.243. The van der Waals surface area contributed by atoms with Crippen molar-refractivity contribution in [1.82, 2.24) is 15.6 Å². The molecule has 2 aromatic rings. The third kappa shape index (κ3) is 4.51. The lowest BCUT2D eigenvalue weighted by Gasteiger charge is -2.04. The second-order valence-electron chi connectivity index (χ2n) is 4.00. The Labute approximate surface area is 126 Å². The van der Waals surface area contributed by atoms with E-state index in [1.807, 2.05) is 48.5 Å². The van der Waals surface area contributed by atoms with Crippen LogP contribution in [0.5, 0.6) is 0 Å². The Morgan fingerprint density at radius 1 is 1.20 bits per heavy atom. The summed E-state index contributed by atoms with van der Waals surface area (Å²) < 4.78 is 0.979. The summed E-state index contributed by atoms with van der Waals surface area (Å²) in [6, 6.07) is 13.1. The molecule has 0 aliphatic heterocycles. The minimum Gasteiger partial charge on any atom is -0.332 e. The van der Waals surface area contributed by atoms with Crippen molar-refractivity contribution in [2.75, 3.05) is 0 Å². The van der Waals surface area contributed by atoms with Gasteiger partial charge in [0, 0.05) is 16.9 Å². The highest BCUT2D eigenvalue weighted by Gasteiger charge is 1.98. The van der Waals surface area contributed by atoms with E-state index in [0.29, 0.717) is 6.54 Å². The third-order valence-corrected chi connectivity index (χ3v) is 3.26. The van der Waals surface area contributed by atoms with E-state index in [9.17, 15) is 4.79 Å². The van der Waals surface area contributed by atoms with Gasteiger partial charge < -0.3 is 10.6 Å². The molecule has 0 radical (unpaired) electrons. The number of pyridine rings is 1. The number of urea groups is 1. The zero-order valence-electron chi connectivity index (χ0n) is 10.7. The molecule has 0 saturated carbocycles. The maximum Gasteiger partial charge on any atom is 0.319 e. The van der Waals surface area contributed by atoms with Gasteiger partial charge in [0.25, 0.3) is 0 Å². The number of rotatable bonds is 4. The molecular weight excluding hydrogens is 318 g/mol. The number of carbonyl (C=O) groups is 1. The fourth-order valence-corrected chi connectivity index (χ4v) is 1.96. The van der Waals surface area contributed by atoms with Gasteiger partial charge >= 0.3 is 6.03 Å². The lowest BCUT2D eigenvalue weighted by atomic mass is 10.2. The van der Waals surface area contributed by atoms with Gasteiger partial charge in [0.15, 0.2) is 0 Å². The lowest BCUT2D eigenvalue weighted by Crippen LogP contribution is -2.31. The monoisotopic (exact) mass is 331 g/mol. The first-order valence-electron chi connectivity index (χ1n) is 6.11. The third-order valence-electron chi connectivity index (χ3n) is 2.54. The van der Waals surface area contributed by atoms with Crippen LogP contribution in [0.2, 0.25) is 0 Å². The Morgan fingerprint density at radius 3 is 2.75 bits per heavy atom. The van der Waals surface area contributed by atoms with Crippen molar-refractivity contribution in [1.29, 1.82) is 0 Å². The molecule has 2 rings (SSSR count). The molecule has 0 bridgehead atoms. The van der Waals surface area contributed by atoms with Gasteiger partial charge in [-0.15, -0.1) is 0 Å². The number of nitrogens with zero attached hydrogens (tertiary/aromatic N) is 1. The molecule has 1 aromatic carbocycles. The number of amides is 2. The molecule has 0 saturated heterocycles. The fourth-order valence-electron chi connectivity index (χ4n) is 1.54. The quantitative estimate of drug-likeness (QED) is 0.902. The molecule has 2 N–H and O–H groups in total. The van der Waals surface area contributed by atoms with Crippen molar-refractivity contribution in [2.24, 2.45) is 0 Å². The number of benzene rings is 1. The van der Waals surface area contributed by atoms with Gasteiger partial charge in [0.1, 0.15) is 0 Å². The van der Waals surface area contributed by atoms with Crippen LogP contribution in [0.4, 0.5) is 4.79 Å². The van der Waals surface area contributed by atoms with Crippen LogP contribution in [-0.2, 0) is 6.54 Å². The Bertz CT molecular complexity index is 599. The number of hydrogen-bond donors (Lipinski definition) is 2. The summed E-state index contributed by atoms with van der Waals surface area (Å²) >= 11 is 3.44. The number of hydrogen-bond acceptors (Lipinski definition) is 2. The zero-order chi connectivity index (χ0) is 14.2. The molecule has 0 aliphatic carbocycles. The maximum atomic E-state index is 11.6. The van der Waals surface area contributed by atoms with Crippen molar-refractivity contribution in [3.8, 4) is 0 Å². The fraction of sp³-hybridized carbons (Fsp3) is 0.0667. The molecule has 2 amide bonds. The van der Waals surface area contributed by atoms with Crippen molar-refractivity contribution in [3.63, 3.8) is 0 Å². The van der Waals surface area contributed by atoms with E-state index in [4.69, 9.17) is 0 Å². The number of aromatic nitrogens is 1. The number of halogens is 1. The molecule has 1 heterocycles. The van der Waals surface area contributed by atoms with Gasteiger partial charge in [-0.3, -0.25) is 4.98 Å². The van der Waals surface area contributed by atoms with Gasteiger partial charge in [-0.25, -0.2) is 4.79 Å². The predicted molar refractivity (Wildman–Crippen MR) is 82.8 cm³/mol. The smallest absolute Gasteiger partial charge is 0.319 e. The van der Waals surface area contributed by atoms with E-state index in [1.54, 1.807) is 12.4 Å². The van der Waals surface area contributed by atoms with Gasteiger partial charge in [-0.1, -0.05) is 40.2 Å². The predicted octanol–water partition coefficient (Wildman–Crippen LogP) is 3.31. The van der Waals surface area contributed by atoms with Crippen LogP contribution in [-0.4, -0.2) is 11.0 Å². The van der Waals surface area contributed by atoms with Crippen LogP contribution in [0, 0.1) is 0 Å². The first-order chi connectivity index (χ1) is 9.75. The zero-order valence-corrected chi connectivity index (χ0v) is 12.3. The summed E-state index contributed by atoms with van der Waals surface area (Å²) in [5.74, 6) is 0. The van der Waals surface area contributed by atoms with Gasteiger partial charge in [-0.2, -0.15) is 0 Å². The largest absolute Gasteiger partial charge is 0.332 e. The van der Waals surface area contributed by atoms with E-state index < -0.39 is 0 Å². The Kier molecular flexibility index (Phi) is 5.32.